The van der Waals surface area contributed by atoms with E-state index in [-0.39, 0.29) is 17.4 Å². The lowest BCUT2D eigenvalue weighted by Gasteiger charge is -2.22. The minimum absolute atomic E-state index is 0.186. The quantitative estimate of drug-likeness (QED) is 0.904. The van der Waals surface area contributed by atoms with Gasteiger partial charge in [-0.05, 0) is 43.4 Å². The molecule has 1 unspecified atom stereocenters. The lowest BCUT2D eigenvalue weighted by molar-refractivity contribution is -0.124. The van der Waals surface area contributed by atoms with E-state index < -0.39 is 0 Å². The third kappa shape index (κ3) is 2.61. The first-order valence-electron chi connectivity index (χ1n) is 6.53. The maximum Gasteiger partial charge on any atom is 0.230 e. The lowest BCUT2D eigenvalue weighted by Crippen LogP contribution is -2.42. The summed E-state index contributed by atoms with van der Waals surface area (Å²) in [5.41, 5.74) is 0.878. The van der Waals surface area contributed by atoms with Gasteiger partial charge in [-0.15, -0.1) is 0 Å². The first-order valence-corrected chi connectivity index (χ1v) is 7.32. The molecule has 0 spiro atoms. The van der Waals surface area contributed by atoms with E-state index in [0.29, 0.717) is 5.92 Å². The van der Waals surface area contributed by atoms with Crippen LogP contribution in [0.2, 0.25) is 0 Å². The zero-order valence-electron chi connectivity index (χ0n) is 11.2. The third-order valence-corrected chi connectivity index (χ3v) is 4.47. The maximum absolute atomic E-state index is 12.4. The van der Waals surface area contributed by atoms with Crippen molar-refractivity contribution in [3.63, 3.8) is 0 Å². The van der Waals surface area contributed by atoms with Crippen LogP contribution in [0.3, 0.4) is 0 Å². The van der Waals surface area contributed by atoms with Crippen LogP contribution in [0.1, 0.15) is 39.2 Å². The topological polar surface area (TPSA) is 29.1 Å². The predicted molar refractivity (Wildman–Crippen MR) is 77.5 cm³/mol. The van der Waals surface area contributed by atoms with E-state index in [2.05, 4.69) is 54.2 Å². The monoisotopic (exact) mass is 309 g/mol. The van der Waals surface area contributed by atoms with Gasteiger partial charge in [0.05, 0.1) is 5.41 Å². The van der Waals surface area contributed by atoms with Crippen molar-refractivity contribution in [2.24, 2.45) is 5.92 Å². The number of nitrogens with one attached hydrogen (secondary N) is 1. The van der Waals surface area contributed by atoms with Crippen LogP contribution in [0.4, 0.5) is 0 Å². The van der Waals surface area contributed by atoms with E-state index >= 15 is 0 Å². The van der Waals surface area contributed by atoms with Crippen molar-refractivity contribution < 1.29 is 4.79 Å². The summed E-state index contributed by atoms with van der Waals surface area (Å²) in [4.78, 5) is 12.4. The van der Waals surface area contributed by atoms with Crippen molar-refractivity contribution in [1.82, 2.24) is 5.32 Å². The predicted octanol–water partition coefficient (Wildman–Crippen LogP) is 3.64. The number of hydrogen-bond acceptors (Lipinski definition) is 1. The summed E-state index contributed by atoms with van der Waals surface area (Å²) >= 11 is 3.43. The smallest absolute Gasteiger partial charge is 0.230 e. The molecule has 0 heterocycles. The van der Waals surface area contributed by atoms with Crippen LogP contribution in [0, 0.1) is 5.92 Å². The largest absolute Gasteiger partial charge is 0.353 e. The Morgan fingerprint density at radius 2 is 1.78 bits per heavy atom. The molecule has 1 aromatic carbocycles. The fraction of sp³-hybridized carbons (Fsp3) is 0.533. The molecule has 1 aliphatic carbocycles. The van der Waals surface area contributed by atoms with Gasteiger partial charge in [0.1, 0.15) is 0 Å². The van der Waals surface area contributed by atoms with Gasteiger partial charge in [-0.25, -0.2) is 0 Å². The Hall–Kier alpha value is -0.830. The van der Waals surface area contributed by atoms with Crippen LogP contribution in [0.25, 0.3) is 0 Å². The highest BCUT2D eigenvalue weighted by Gasteiger charge is 2.51. The second-order valence-corrected chi connectivity index (χ2v) is 6.51. The van der Waals surface area contributed by atoms with Crippen molar-refractivity contribution in [2.45, 2.75) is 45.1 Å². The number of benzene rings is 1. The van der Waals surface area contributed by atoms with Crippen LogP contribution >= 0.6 is 15.9 Å². The van der Waals surface area contributed by atoms with E-state index in [9.17, 15) is 4.79 Å². The summed E-state index contributed by atoms with van der Waals surface area (Å²) in [6.07, 6.45) is 1.93. The molecule has 0 aromatic heterocycles. The molecule has 0 bridgehead atoms. The van der Waals surface area contributed by atoms with Crippen LogP contribution in [-0.2, 0) is 10.2 Å². The van der Waals surface area contributed by atoms with Crippen molar-refractivity contribution in [3.05, 3.63) is 34.3 Å². The van der Waals surface area contributed by atoms with E-state index in [1.807, 2.05) is 12.1 Å². The van der Waals surface area contributed by atoms with Gasteiger partial charge in [-0.3, -0.25) is 4.79 Å². The van der Waals surface area contributed by atoms with E-state index in [1.165, 1.54) is 0 Å². The van der Waals surface area contributed by atoms with Crippen molar-refractivity contribution in [2.75, 3.05) is 0 Å². The van der Waals surface area contributed by atoms with Gasteiger partial charge < -0.3 is 5.32 Å². The van der Waals surface area contributed by atoms with E-state index in [0.717, 1.165) is 22.9 Å². The third-order valence-electron chi connectivity index (χ3n) is 3.94. The Kier molecular flexibility index (Phi) is 3.81. The van der Waals surface area contributed by atoms with Gasteiger partial charge in [0.2, 0.25) is 5.91 Å². The first kappa shape index (κ1) is 13.6. The van der Waals surface area contributed by atoms with Gasteiger partial charge in [0.15, 0.2) is 0 Å². The van der Waals surface area contributed by atoms with Crippen LogP contribution in [0.15, 0.2) is 28.7 Å². The standard InChI is InChI=1S/C15H20BrNO/c1-10(2)11(3)17-14(18)15(8-9-15)12-4-6-13(16)7-5-12/h4-7,10-11H,8-9H2,1-3H3,(H,17,18). The molecule has 1 N–H and O–H groups in total. The Morgan fingerprint density at radius 1 is 1.22 bits per heavy atom. The second-order valence-electron chi connectivity index (χ2n) is 5.60. The summed E-state index contributed by atoms with van der Waals surface area (Å²) in [6.45, 7) is 6.33. The molecule has 98 valence electrons. The number of carbonyl (C=O) groups is 1. The number of halogens is 1. The molecule has 2 rings (SSSR count). The average molecular weight is 310 g/mol. The highest BCUT2D eigenvalue weighted by atomic mass is 79.9. The van der Waals surface area contributed by atoms with Crippen LogP contribution in [-0.4, -0.2) is 11.9 Å². The lowest BCUT2D eigenvalue weighted by atomic mass is 9.94. The summed E-state index contributed by atoms with van der Waals surface area (Å²) < 4.78 is 1.05. The summed E-state index contributed by atoms with van der Waals surface area (Å²) in [5.74, 6) is 0.653. The average Bonchev–Trinajstić information content (AvgIpc) is 3.11. The van der Waals surface area contributed by atoms with Crippen molar-refractivity contribution in [1.29, 1.82) is 0 Å². The van der Waals surface area contributed by atoms with E-state index in [1.54, 1.807) is 0 Å². The van der Waals surface area contributed by atoms with Crippen LogP contribution < -0.4 is 5.32 Å². The summed E-state index contributed by atoms with van der Waals surface area (Å²) in [6, 6.07) is 8.35. The second kappa shape index (κ2) is 5.04. The number of carbonyl (C=O) groups excluding carboxylic acids is 1. The molecule has 1 atom stereocenters. The molecule has 3 heteroatoms. The van der Waals surface area contributed by atoms with Gasteiger partial charge >= 0.3 is 0 Å². The molecule has 1 saturated carbocycles. The highest BCUT2D eigenvalue weighted by molar-refractivity contribution is 9.10. The Balaban J connectivity index is 2.12. The fourth-order valence-electron chi connectivity index (χ4n) is 2.05. The summed E-state index contributed by atoms with van der Waals surface area (Å²) in [5, 5.41) is 3.14. The molecular weight excluding hydrogens is 290 g/mol. The number of amides is 1. The van der Waals surface area contributed by atoms with Crippen LogP contribution in [0.5, 0.6) is 0 Å². The molecule has 0 radical (unpaired) electrons. The maximum atomic E-state index is 12.4. The first-order chi connectivity index (χ1) is 8.45. The zero-order valence-corrected chi connectivity index (χ0v) is 12.8. The highest BCUT2D eigenvalue weighted by Crippen LogP contribution is 2.48. The van der Waals surface area contributed by atoms with Gasteiger partial charge in [0.25, 0.3) is 0 Å². The number of hydrogen-bond donors (Lipinski definition) is 1. The molecule has 1 aliphatic rings. The molecule has 2 nitrogen and oxygen atoms in total. The Morgan fingerprint density at radius 3 is 2.22 bits per heavy atom. The molecule has 18 heavy (non-hydrogen) atoms. The molecule has 0 aliphatic heterocycles. The molecule has 1 amide bonds. The van der Waals surface area contributed by atoms with Gasteiger partial charge in [0, 0.05) is 10.5 Å². The fourth-order valence-corrected chi connectivity index (χ4v) is 2.32. The van der Waals surface area contributed by atoms with Crippen molar-refractivity contribution in [3.8, 4) is 0 Å². The Labute approximate surface area is 117 Å². The molecular formula is C15H20BrNO. The minimum Gasteiger partial charge on any atom is -0.353 e. The number of rotatable bonds is 4. The van der Waals surface area contributed by atoms with Crippen molar-refractivity contribution >= 4 is 21.8 Å². The minimum atomic E-state index is -0.260. The Bertz CT molecular complexity index is 434. The normalized spacial score (nSPS) is 18.5. The summed E-state index contributed by atoms with van der Waals surface area (Å²) in [7, 11) is 0. The zero-order chi connectivity index (χ0) is 13.3. The van der Waals surface area contributed by atoms with Gasteiger partial charge in [-0.2, -0.15) is 0 Å². The van der Waals surface area contributed by atoms with E-state index in [4.69, 9.17) is 0 Å². The molecule has 1 fully saturated rings. The molecule has 0 saturated heterocycles. The molecule has 1 aromatic rings. The SMILES string of the molecule is CC(C)C(C)NC(=O)C1(c2ccc(Br)cc2)CC1. The van der Waals surface area contributed by atoms with Gasteiger partial charge in [-0.1, -0.05) is 41.9 Å².